The molecule has 20 nitrogen and oxygen atoms in total. The summed E-state index contributed by atoms with van der Waals surface area (Å²) < 4.78 is 45.6. The normalized spacial score (nSPS) is 21.2. The number of carbonyl (C=O) groups excluding carboxylic acids is 6. The number of benzene rings is 6. The minimum atomic E-state index is -1.45. The molecule has 492 valence electrons. The lowest BCUT2D eigenvalue weighted by molar-refractivity contribution is -0.143. The van der Waals surface area contributed by atoms with Crippen molar-refractivity contribution < 1.29 is 62.0 Å². The van der Waals surface area contributed by atoms with Crippen molar-refractivity contribution in [3.8, 4) is 63.1 Å². The van der Waals surface area contributed by atoms with E-state index in [0.29, 0.717) is 35.0 Å². The Bertz CT molecular complexity index is 3990. The summed E-state index contributed by atoms with van der Waals surface area (Å²) in [4.78, 5) is 76.4. The van der Waals surface area contributed by atoms with Crippen LogP contribution in [-0.4, -0.2) is 139 Å². The molecule has 6 aliphatic rings. The molecule has 3 aliphatic carbocycles. The van der Waals surface area contributed by atoms with Crippen molar-refractivity contribution in [2.75, 3.05) is 67.3 Å². The Hall–Kier alpha value is -10.2. The van der Waals surface area contributed by atoms with Crippen LogP contribution in [-0.2, 0) is 33.5 Å². The molecular formula is C73H75F2N9O11. The zero-order chi connectivity index (χ0) is 67.4. The molecule has 3 aliphatic heterocycles. The maximum absolute atomic E-state index is 14.7. The molecule has 12 rings (SSSR count). The molecule has 0 aromatic heterocycles. The maximum atomic E-state index is 14.7. The second-order valence-corrected chi connectivity index (χ2v) is 24.8. The van der Waals surface area contributed by atoms with E-state index in [1.807, 2.05) is 60.7 Å². The number of nitrogens with zero attached hydrogens (tertiary/aromatic N) is 6. The largest absolute Gasteiger partial charge is 0.486 e. The topological polar surface area (TPSA) is 288 Å². The molecule has 3 saturated carbocycles. The molecule has 6 fully saturated rings. The summed E-state index contributed by atoms with van der Waals surface area (Å²) in [7, 11) is 1.30. The molecule has 3 saturated heterocycles. The highest BCUT2D eigenvalue weighted by Gasteiger charge is 2.49. The Morgan fingerprint density at radius 2 is 1.01 bits per heavy atom. The van der Waals surface area contributed by atoms with Crippen LogP contribution >= 0.6 is 0 Å². The first-order valence-electron chi connectivity index (χ1n) is 32.0. The quantitative estimate of drug-likeness (QED) is 0.0531. The zero-order valence-electron chi connectivity index (χ0n) is 53.0. The lowest BCUT2D eigenvalue weighted by atomic mass is 10.0. The number of piperidine rings is 2. The van der Waals surface area contributed by atoms with Gasteiger partial charge in [-0.1, -0.05) is 54.6 Å². The van der Waals surface area contributed by atoms with Crippen molar-refractivity contribution in [3.63, 3.8) is 0 Å². The standard InChI is InChI=1S/C26H26FN3O6.C25H26FN3O4.C22H23N3O/c1-35-26(34)20-11-19(20)25(33)29-18-4-2-3-15(10-18)16-5-6-22(17(9-16)12-28)36-23-7-8-30(13-21(23)27)24(32)14-31;1-15(30)25(32)29-10-9-23(21(26)14-29)33-22-8-7-18(11-19(22)13-27)17-3-2-4-20(12-17)28-24(31)16-5-6-16;1-15-4-3-11-25(15)21-10-9-18(12-19(21)14-23)17-5-2-6-20(13-17)24-22(26)16-7-8-16/h2-6,9-10,19-21,23,31H,7-8,11,13-14H2,1H3,(H,29,33);2-4,7-8,11-12,15-16,21,23,30H,5-6,9-10,14H2,1H3,(H,28,31);2,5-6,9-10,12-13,15-16H,3-4,7-8,11H2,1H3,(H,24,26)/t19-,20-,21-,23+;15-,21+,23-;15-/m101/s1. The molecule has 8 atom stereocenters. The number of ether oxygens (including phenoxy) is 3. The first kappa shape index (κ1) is 67.7. The van der Waals surface area contributed by atoms with E-state index in [2.05, 4.69) is 62.9 Å². The van der Waals surface area contributed by atoms with Gasteiger partial charge >= 0.3 is 5.97 Å². The van der Waals surface area contributed by atoms with Crippen molar-refractivity contribution in [2.24, 2.45) is 23.7 Å². The highest BCUT2D eigenvalue weighted by Crippen LogP contribution is 2.41. The minimum Gasteiger partial charge on any atom is -0.486 e. The van der Waals surface area contributed by atoms with Crippen molar-refractivity contribution in [2.45, 2.75) is 108 Å². The number of likely N-dealkylation sites (tertiary alicyclic amines) is 2. The fourth-order valence-electron chi connectivity index (χ4n) is 11.9. The van der Waals surface area contributed by atoms with Gasteiger partial charge in [-0.15, -0.1) is 0 Å². The number of methoxy groups -OCH3 is 1. The van der Waals surface area contributed by atoms with E-state index >= 15 is 0 Å². The number of aliphatic hydroxyl groups excluding tert-OH is 2. The Morgan fingerprint density at radius 1 is 0.568 bits per heavy atom. The molecule has 5 N–H and O–H groups in total. The maximum Gasteiger partial charge on any atom is 0.309 e. The number of anilines is 4. The number of amides is 5. The third-order valence-corrected chi connectivity index (χ3v) is 17.8. The highest BCUT2D eigenvalue weighted by atomic mass is 19.1. The average molecular weight is 1290 g/mol. The van der Waals surface area contributed by atoms with Crippen LogP contribution in [0.2, 0.25) is 0 Å². The summed E-state index contributed by atoms with van der Waals surface area (Å²) in [6.45, 7) is 4.11. The van der Waals surface area contributed by atoms with Gasteiger partial charge in [0.2, 0.25) is 23.6 Å². The monoisotopic (exact) mass is 1290 g/mol. The van der Waals surface area contributed by atoms with Crippen molar-refractivity contribution >= 4 is 58.3 Å². The number of esters is 1. The smallest absolute Gasteiger partial charge is 0.309 e. The molecule has 6 aromatic rings. The first-order valence-corrected chi connectivity index (χ1v) is 32.0. The van der Waals surface area contributed by atoms with Gasteiger partial charge < -0.3 is 55.1 Å². The number of rotatable bonds is 17. The van der Waals surface area contributed by atoms with Crippen molar-refractivity contribution in [1.82, 2.24) is 9.80 Å². The van der Waals surface area contributed by atoms with Crippen LogP contribution in [0.3, 0.4) is 0 Å². The lowest BCUT2D eigenvalue weighted by Gasteiger charge is -2.35. The molecule has 3 heterocycles. The fourth-order valence-corrected chi connectivity index (χ4v) is 11.9. The number of halogens is 2. The van der Waals surface area contributed by atoms with Crippen molar-refractivity contribution in [3.05, 3.63) is 144 Å². The van der Waals surface area contributed by atoms with Crippen LogP contribution in [0, 0.1) is 57.7 Å². The zero-order valence-corrected chi connectivity index (χ0v) is 53.0. The van der Waals surface area contributed by atoms with Gasteiger partial charge in [-0.3, -0.25) is 28.8 Å². The summed E-state index contributed by atoms with van der Waals surface area (Å²) in [5, 5.41) is 56.1. The molecule has 0 radical (unpaired) electrons. The first-order chi connectivity index (χ1) is 45.8. The van der Waals surface area contributed by atoms with Crippen LogP contribution in [0.5, 0.6) is 11.5 Å². The fraction of sp³-hybridized carbons (Fsp3) is 0.384. The van der Waals surface area contributed by atoms with Gasteiger partial charge in [-0.25, -0.2) is 8.78 Å². The second-order valence-electron chi connectivity index (χ2n) is 24.8. The van der Waals surface area contributed by atoms with E-state index in [1.54, 1.807) is 54.6 Å². The SMILES string of the molecule is COC(=O)[C@@H]1C[C@H]1C(=O)Nc1cccc(-c2ccc(O[C@H]3CCN(C(=O)CO)C[C@H]3F)c(C#N)c2)c1.C[C@@H]1CCCN1c1ccc(-c2cccc(NC(=O)C3CC3)c2)cc1C#N.C[C@H](O)C(=O)N1CC[C@H](Oc2ccc(-c3cccc(NC(=O)C4CC4)c3)cc2C#N)[C@H](F)C1. The van der Waals surface area contributed by atoms with E-state index in [4.69, 9.17) is 14.6 Å². The van der Waals surface area contributed by atoms with E-state index < -0.39 is 66.9 Å². The lowest BCUT2D eigenvalue weighted by Crippen LogP contribution is -2.51. The molecule has 6 aromatic carbocycles. The number of alkyl halides is 2. The van der Waals surface area contributed by atoms with Gasteiger partial charge in [0, 0.05) is 67.4 Å². The number of nitriles is 3. The number of aliphatic hydroxyl groups is 2. The second kappa shape index (κ2) is 30.7. The molecular weight excluding hydrogens is 1220 g/mol. The third-order valence-electron chi connectivity index (χ3n) is 17.8. The van der Waals surface area contributed by atoms with Crippen molar-refractivity contribution in [1.29, 1.82) is 15.8 Å². The average Bonchev–Trinajstić information content (AvgIpc) is 1.61. The van der Waals surface area contributed by atoms with Crippen LogP contribution < -0.4 is 30.3 Å². The van der Waals surface area contributed by atoms with Gasteiger partial charge in [0.25, 0.3) is 5.91 Å². The summed E-state index contributed by atoms with van der Waals surface area (Å²) in [5.41, 5.74) is 9.36. The van der Waals surface area contributed by atoms with E-state index in [-0.39, 0.29) is 91.2 Å². The Kier molecular flexibility index (Phi) is 21.9. The van der Waals surface area contributed by atoms with E-state index in [0.717, 1.165) is 71.4 Å². The molecule has 0 unspecified atom stereocenters. The Balaban J connectivity index is 0.000000157. The van der Waals surface area contributed by atoms with E-state index in [1.165, 1.54) is 36.7 Å². The van der Waals surface area contributed by atoms with Gasteiger partial charge in [-0.2, -0.15) is 15.8 Å². The summed E-state index contributed by atoms with van der Waals surface area (Å²) in [5.74, 6) is -1.55. The molecule has 0 spiro atoms. The van der Waals surface area contributed by atoms with Gasteiger partial charge in [0.05, 0.1) is 54.4 Å². The van der Waals surface area contributed by atoms with Crippen LogP contribution in [0.25, 0.3) is 33.4 Å². The van der Waals surface area contributed by atoms with Crippen LogP contribution in [0.15, 0.2) is 127 Å². The highest BCUT2D eigenvalue weighted by molar-refractivity contribution is 5.99. The molecule has 0 bridgehead atoms. The minimum absolute atomic E-state index is 0.0237. The number of nitrogens with one attached hydrogen (secondary N) is 3. The van der Waals surface area contributed by atoms with Gasteiger partial charge in [0.15, 0.2) is 12.3 Å². The van der Waals surface area contributed by atoms with Gasteiger partial charge in [0.1, 0.15) is 54.6 Å². The summed E-state index contributed by atoms with van der Waals surface area (Å²) in [6.07, 6.45) is 1.48. The third kappa shape index (κ3) is 17.1. The predicted molar refractivity (Wildman–Crippen MR) is 351 cm³/mol. The number of hydrogen-bond donors (Lipinski definition) is 5. The summed E-state index contributed by atoms with van der Waals surface area (Å²) >= 11 is 0. The Morgan fingerprint density at radius 3 is 1.43 bits per heavy atom. The van der Waals surface area contributed by atoms with Gasteiger partial charge in [-0.05, 0) is 165 Å². The van der Waals surface area contributed by atoms with Crippen LogP contribution in [0.4, 0.5) is 31.5 Å². The number of carbonyl (C=O) groups is 6. The van der Waals surface area contributed by atoms with Crippen LogP contribution in [0.1, 0.15) is 88.3 Å². The van der Waals surface area contributed by atoms with E-state index in [9.17, 15) is 58.4 Å². The molecule has 95 heavy (non-hydrogen) atoms. The molecule has 22 heteroatoms. The Labute approximate surface area is 550 Å². The predicted octanol–water partition coefficient (Wildman–Crippen LogP) is 10.1. The summed E-state index contributed by atoms with van der Waals surface area (Å²) in [6, 6.07) is 45.5. The molecule has 5 amide bonds. The number of hydrogen-bond acceptors (Lipinski definition) is 15.